The third-order valence-electron chi connectivity index (χ3n) is 9.97. The molecule has 0 heterocycles. The quantitative estimate of drug-likeness (QED) is 0.0214. The van der Waals surface area contributed by atoms with Crippen molar-refractivity contribution < 1.29 is 37.6 Å². The zero-order chi connectivity index (χ0) is 43.4. The first kappa shape index (κ1) is 56.9. The third-order valence-corrected chi connectivity index (χ3v) is 10.9. The van der Waals surface area contributed by atoms with Crippen molar-refractivity contribution in [2.24, 2.45) is 0 Å². The minimum Gasteiger partial charge on any atom is -0.756 e. The molecule has 0 aromatic heterocycles. The second-order valence-corrected chi connectivity index (χ2v) is 18.4. The highest BCUT2D eigenvalue weighted by Gasteiger charge is 2.17. The van der Waals surface area contributed by atoms with Gasteiger partial charge in [0, 0.05) is 6.42 Å². The summed E-state index contributed by atoms with van der Waals surface area (Å²) in [5, 5.41) is 9.90. The number of ether oxygens (including phenoxy) is 1. The number of aliphatic hydroxyl groups is 1. The number of rotatable bonds is 43. The molecule has 8 nitrogen and oxygen atoms in total. The topological polar surface area (TPSA) is 105 Å². The number of aliphatic hydroxyl groups excluding tert-OH is 1. The smallest absolute Gasteiger partial charge is 0.305 e. The molecule has 2 unspecified atom stereocenters. The van der Waals surface area contributed by atoms with Gasteiger partial charge in [-0.3, -0.25) is 9.36 Å². The minimum absolute atomic E-state index is 0.00875. The van der Waals surface area contributed by atoms with Crippen LogP contribution in [0.4, 0.5) is 0 Å². The van der Waals surface area contributed by atoms with Gasteiger partial charge in [0.25, 0.3) is 7.82 Å². The third kappa shape index (κ3) is 48.5. The first-order valence-corrected chi connectivity index (χ1v) is 25.2. The van der Waals surface area contributed by atoms with Crippen LogP contribution in [0.25, 0.3) is 0 Å². The molecule has 0 aliphatic carbocycles. The number of carbonyl (C=O) groups is 1. The maximum atomic E-state index is 12.0. The average Bonchev–Trinajstić information content (AvgIpc) is 3.19. The molecule has 0 fully saturated rings. The summed E-state index contributed by atoms with van der Waals surface area (Å²) >= 11 is 0. The summed E-state index contributed by atoms with van der Waals surface area (Å²) in [6, 6.07) is 0. The molecule has 59 heavy (non-hydrogen) atoms. The molecule has 2 atom stereocenters. The lowest BCUT2D eigenvalue weighted by Crippen LogP contribution is -2.37. The molecule has 0 aliphatic heterocycles. The molecule has 342 valence electrons. The zero-order valence-corrected chi connectivity index (χ0v) is 39.3. The van der Waals surface area contributed by atoms with Crippen molar-refractivity contribution in [3.8, 4) is 0 Å². The first-order valence-electron chi connectivity index (χ1n) is 23.7. The molecule has 0 rings (SSSR count). The monoisotopic (exact) mass is 848 g/mol. The van der Waals surface area contributed by atoms with Gasteiger partial charge in [0.15, 0.2) is 0 Å². The molecule has 0 aromatic rings. The second kappa shape index (κ2) is 42.6. The zero-order valence-electron chi connectivity index (χ0n) is 38.4. The maximum absolute atomic E-state index is 12.0. The Labute approximate surface area is 363 Å². The predicted octanol–water partition coefficient (Wildman–Crippen LogP) is 13.4. The summed E-state index contributed by atoms with van der Waals surface area (Å²) < 4.78 is 26.9. The molecular formula is C50H90NO7P. The van der Waals surface area contributed by atoms with Crippen molar-refractivity contribution in [3.05, 3.63) is 72.9 Å². The van der Waals surface area contributed by atoms with E-state index in [1.54, 1.807) is 0 Å². The number of esters is 1. The molecule has 9 heteroatoms. The van der Waals surface area contributed by atoms with E-state index >= 15 is 0 Å². The number of hydrogen-bond donors (Lipinski definition) is 1. The fourth-order valence-corrected chi connectivity index (χ4v) is 7.04. The first-order chi connectivity index (χ1) is 28.6. The van der Waals surface area contributed by atoms with E-state index in [2.05, 4.69) is 79.8 Å². The van der Waals surface area contributed by atoms with Crippen molar-refractivity contribution in [2.45, 2.75) is 193 Å². The van der Waals surface area contributed by atoms with Gasteiger partial charge in [0.1, 0.15) is 25.9 Å². The highest BCUT2D eigenvalue weighted by molar-refractivity contribution is 7.45. The van der Waals surface area contributed by atoms with E-state index < -0.39 is 20.5 Å². The number of allylic oxidation sites excluding steroid dienone is 12. The molecular weight excluding hydrogens is 758 g/mol. The largest absolute Gasteiger partial charge is 0.756 e. The molecule has 0 bridgehead atoms. The number of unbranched alkanes of at least 4 members (excludes halogenated alkanes) is 20. The van der Waals surface area contributed by atoms with E-state index in [-0.39, 0.29) is 19.2 Å². The Morgan fingerprint density at radius 2 is 0.898 bits per heavy atom. The minimum atomic E-state index is -4.50. The Kier molecular flexibility index (Phi) is 41.1. The molecule has 0 saturated heterocycles. The summed E-state index contributed by atoms with van der Waals surface area (Å²) in [5.41, 5.74) is 0. The summed E-state index contributed by atoms with van der Waals surface area (Å²) in [4.78, 5) is 23.7. The van der Waals surface area contributed by atoms with Crippen LogP contribution in [0.3, 0.4) is 0 Å². The molecule has 0 aliphatic rings. The SMILES string of the molecule is CC/C=C\C/C=C\C/C=C\C/C=C\C/C=C\C/C=C\CCCCCCCCCCCCCCCCCCCCCCC(=O)OCC(O)COP(=O)([O-])OCC[N+](C)(C)C. The van der Waals surface area contributed by atoms with Gasteiger partial charge in [0.2, 0.25) is 0 Å². The lowest BCUT2D eigenvalue weighted by atomic mass is 10.0. The van der Waals surface area contributed by atoms with Crippen LogP contribution in [0.15, 0.2) is 72.9 Å². The summed E-state index contributed by atoms with van der Waals surface area (Å²) in [6.45, 7) is 1.84. The van der Waals surface area contributed by atoms with Gasteiger partial charge in [-0.1, -0.05) is 195 Å². The molecule has 0 aromatic carbocycles. The Morgan fingerprint density at radius 3 is 1.29 bits per heavy atom. The van der Waals surface area contributed by atoms with Crippen LogP contribution in [-0.4, -0.2) is 69.2 Å². The number of hydrogen-bond acceptors (Lipinski definition) is 7. The molecule has 0 amide bonds. The number of phosphoric acid groups is 1. The van der Waals surface area contributed by atoms with Crippen molar-refractivity contribution in [2.75, 3.05) is 47.5 Å². The number of quaternary nitrogens is 1. The van der Waals surface area contributed by atoms with Gasteiger partial charge >= 0.3 is 5.97 Å². The normalized spacial score (nSPS) is 14.3. The van der Waals surface area contributed by atoms with Crippen molar-refractivity contribution in [1.29, 1.82) is 0 Å². The van der Waals surface area contributed by atoms with E-state index in [1.165, 1.54) is 116 Å². The van der Waals surface area contributed by atoms with Gasteiger partial charge in [-0.15, -0.1) is 0 Å². The van der Waals surface area contributed by atoms with E-state index in [4.69, 9.17) is 13.8 Å². The fourth-order valence-electron chi connectivity index (χ4n) is 6.30. The van der Waals surface area contributed by atoms with Crippen molar-refractivity contribution in [3.63, 3.8) is 0 Å². The van der Waals surface area contributed by atoms with Gasteiger partial charge in [-0.05, 0) is 57.8 Å². The van der Waals surface area contributed by atoms with Crippen LogP contribution >= 0.6 is 7.82 Å². The van der Waals surface area contributed by atoms with Crippen LogP contribution in [0.5, 0.6) is 0 Å². The van der Waals surface area contributed by atoms with Gasteiger partial charge < -0.3 is 28.3 Å². The highest BCUT2D eigenvalue weighted by atomic mass is 31.2. The fraction of sp³-hybridized carbons (Fsp3) is 0.740. The highest BCUT2D eigenvalue weighted by Crippen LogP contribution is 2.38. The average molecular weight is 848 g/mol. The van der Waals surface area contributed by atoms with Gasteiger partial charge in [-0.25, -0.2) is 0 Å². The number of likely N-dealkylation sites (N-methyl/N-ethyl adjacent to an activating group) is 1. The standard InChI is InChI=1S/C50H90NO7P/c1-5-6-7-8-9-10-11-12-13-14-15-16-17-18-19-20-21-22-23-24-25-26-27-28-29-30-31-32-33-34-35-36-37-38-39-40-41-42-43-44-50(53)56-47-49(52)48-58-59(54,55)57-46-45-51(2,3)4/h6-7,9-10,12-13,15-16,18-19,21-22,49,52H,5,8,11,14,17,20,23-48H2,1-4H3/b7-6-,10-9-,13-12-,16-15-,19-18-,22-21-. The summed E-state index contributed by atoms with van der Waals surface area (Å²) in [5.74, 6) is -0.386. The van der Waals surface area contributed by atoms with Gasteiger partial charge in [-0.2, -0.15) is 0 Å². The van der Waals surface area contributed by atoms with Gasteiger partial charge in [0.05, 0.1) is 27.7 Å². The Hall–Kier alpha value is -2.06. The maximum Gasteiger partial charge on any atom is 0.305 e. The Morgan fingerprint density at radius 1 is 0.542 bits per heavy atom. The van der Waals surface area contributed by atoms with Crippen molar-refractivity contribution in [1.82, 2.24) is 0 Å². The lowest BCUT2D eigenvalue weighted by Gasteiger charge is -2.27. The van der Waals surface area contributed by atoms with E-state index in [0.29, 0.717) is 17.4 Å². The number of carbonyl (C=O) groups excluding carboxylic acids is 1. The van der Waals surface area contributed by atoms with E-state index in [0.717, 1.165) is 57.8 Å². The molecule has 1 N–H and O–H groups in total. The van der Waals surface area contributed by atoms with Crippen LogP contribution in [0.2, 0.25) is 0 Å². The Bertz CT molecular complexity index is 1170. The predicted molar refractivity (Wildman–Crippen MR) is 249 cm³/mol. The summed E-state index contributed by atoms with van der Waals surface area (Å²) in [7, 11) is 1.25. The van der Waals surface area contributed by atoms with Crippen molar-refractivity contribution >= 4 is 13.8 Å². The second-order valence-electron chi connectivity index (χ2n) is 17.0. The van der Waals surface area contributed by atoms with E-state index in [9.17, 15) is 19.4 Å². The number of phosphoric ester groups is 1. The van der Waals surface area contributed by atoms with E-state index in [1.807, 2.05) is 21.1 Å². The molecule has 0 radical (unpaired) electrons. The van der Waals surface area contributed by atoms with Crippen LogP contribution in [0.1, 0.15) is 187 Å². The van der Waals surface area contributed by atoms with Crippen LogP contribution < -0.4 is 4.89 Å². The molecule has 0 saturated carbocycles. The van der Waals surface area contributed by atoms with Crippen LogP contribution in [0, 0.1) is 0 Å². The van der Waals surface area contributed by atoms with Crippen LogP contribution in [-0.2, 0) is 23.1 Å². The Balaban J connectivity index is 3.39. The lowest BCUT2D eigenvalue weighted by molar-refractivity contribution is -0.870. The molecule has 0 spiro atoms. The number of nitrogens with zero attached hydrogens (tertiary/aromatic N) is 1. The summed E-state index contributed by atoms with van der Waals surface area (Å²) in [6.07, 6.45) is 59.6.